The summed E-state index contributed by atoms with van der Waals surface area (Å²) in [5.41, 5.74) is 3.37. The average molecular weight is 511 g/mol. The molecular weight excluding hydrogens is 493 g/mol. The third-order valence-electron chi connectivity index (χ3n) is 4.85. The van der Waals surface area contributed by atoms with E-state index in [0.29, 0.717) is 10.7 Å². The van der Waals surface area contributed by atoms with Gasteiger partial charge in [-0.2, -0.15) is 0 Å². The monoisotopic (exact) mass is 509 g/mol. The summed E-state index contributed by atoms with van der Waals surface area (Å²) in [6.45, 7) is 3.77. The fourth-order valence-corrected chi connectivity index (χ4v) is 4.95. The molecule has 0 unspecified atom stereocenters. The Morgan fingerprint density at radius 3 is 2.28 bits per heavy atom. The zero-order chi connectivity index (χ0) is 22.7. The summed E-state index contributed by atoms with van der Waals surface area (Å²) in [7, 11) is 0. The van der Waals surface area contributed by atoms with Gasteiger partial charge >= 0.3 is 0 Å². The smallest absolute Gasteiger partial charge is 0.277 e. The second kappa shape index (κ2) is 10.1. The zero-order valence-corrected chi connectivity index (χ0v) is 19.7. The van der Waals surface area contributed by atoms with Gasteiger partial charge in [-0.15, -0.1) is 11.3 Å². The summed E-state index contributed by atoms with van der Waals surface area (Å²) < 4.78 is 0. The predicted octanol–water partition coefficient (Wildman–Crippen LogP) is 5.02. The molecule has 0 spiro atoms. The summed E-state index contributed by atoms with van der Waals surface area (Å²) in [6.07, 6.45) is 0. The van der Waals surface area contributed by atoms with Crippen LogP contribution in [0.25, 0.3) is 0 Å². The number of rotatable bonds is 5. The zero-order valence-electron chi connectivity index (χ0n) is 16.6. The van der Waals surface area contributed by atoms with Crippen molar-refractivity contribution < 1.29 is 9.59 Å². The van der Waals surface area contributed by atoms with Gasteiger partial charge in [-0.05, 0) is 36.4 Å². The second-order valence-electron chi connectivity index (χ2n) is 6.97. The number of amides is 2. The number of hydrogen-bond acceptors (Lipinski definition) is 6. The first-order valence-corrected chi connectivity index (χ1v) is 11.7. The van der Waals surface area contributed by atoms with Crippen molar-refractivity contribution in [2.24, 2.45) is 0 Å². The van der Waals surface area contributed by atoms with E-state index in [1.807, 2.05) is 24.3 Å². The van der Waals surface area contributed by atoms with Crippen molar-refractivity contribution in [3.8, 4) is 0 Å². The van der Waals surface area contributed by atoms with Crippen molar-refractivity contribution in [1.82, 2.24) is 10.3 Å². The quantitative estimate of drug-likeness (QED) is 0.449. The van der Waals surface area contributed by atoms with E-state index in [1.54, 1.807) is 0 Å². The molecule has 32 heavy (non-hydrogen) atoms. The Kier molecular flexibility index (Phi) is 7.17. The van der Waals surface area contributed by atoms with Gasteiger partial charge in [0.05, 0.1) is 21.1 Å². The molecule has 0 radical (unpaired) electrons. The van der Waals surface area contributed by atoms with Crippen LogP contribution in [0.2, 0.25) is 15.1 Å². The van der Waals surface area contributed by atoms with E-state index < -0.39 is 11.8 Å². The largest absolute Gasteiger partial charge is 0.369 e. The van der Waals surface area contributed by atoms with Crippen LogP contribution in [-0.4, -0.2) is 43.0 Å². The number of nitrogens with zero attached hydrogens (tertiary/aromatic N) is 2. The van der Waals surface area contributed by atoms with Crippen LogP contribution >= 0.6 is 46.1 Å². The van der Waals surface area contributed by atoms with Crippen LogP contribution < -0.4 is 20.9 Å². The first-order chi connectivity index (χ1) is 15.4. The third kappa shape index (κ3) is 5.16. The Labute approximate surface area is 203 Å². The van der Waals surface area contributed by atoms with Crippen LogP contribution in [0.1, 0.15) is 20.8 Å². The number of carbonyl (C=O) groups excluding carboxylic acids is 2. The summed E-state index contributed by atoms with van der Waals surface area (Å²) >= 11 is 19.3. The molecule has 11 heteroatoms. The Hall–Kier alpha value is -2.36. The molecule has 2 amide bonds. The van der Waals surface area contributed by atoms with Crippen LogP contribution in [0.3, 0.4) is 0 Å². The number of carbonyl (C=O) groups is 2. The predicted molar refractivity (Wildman–Crippen MR) is 131 cm³/mol. The van der Waals surface area contributed by atoms with Crippen LogP contribution in [-0.2, 0) is 0 Å². The molecule has 3 N–H and O–H groups in total. The number of nitrogens with one attached hydrogen (secondary N) is 3. The molecule has 1 fully saturated rings. The van der Waals surface area contributed by atoms with Crippen molar-refractivity contribution in [3.63, 3.8) is 0 Å². The average Bonchev–Trinajstić information content (AvgIpc) is 3.22. The summed E-state index contributed by atoms with van der Waals surface area (Å²) in [6, 6.07) is 10.5. The minimum absolute atomic E-state index is 0.0704. The van der Waals surface area contributed by atoms with E-state index in [9.17, 15) is 9.59 Å². The molecule has 0 atom stereocenters. The van der Waals surface area contributed by atoms with Crippen molar-refractivity contribution in [1.29, 1.82) is 0 Å². The molecule has 1 aliphatic heterocycles. The van der Waals surface area contributed by atoms with Gasteiger partial charge in [0.1, 0.15) is 5.00 Å². The van der Waals surface area contributed by atoms with Gasteiger partial charge in [0.2, 0.25) is 0 Å². The maximum absolute atomic E-state index is 12.8. The fourth-order valence-electron chi connectivity index (χ4n) is 3.29. The second-order valence-corrected chi connectivity index (χ2v) is 9.07. The van der Waals surface area contributed by atoms with E-state index in [1.165, 1.54) is 17.6 Å². The molecule has 1 aliphatic rings. The summed E-state index contributed by atoms with van der Waals surface area (Å²) in [4.78, 5) is 31.9. The van der Waals surface area contributed by atoms with Crippen LogP contribution in [0, 0.1) is 0 Å². The highest BCUT2D eigenvalue weighted by molar-refractivity contribution is 7.14. The molecule has 4 rings (SSSR count). The lowest BCUT2D eigenvalue weighted by Crippen LogP contribution is -2.43. The third-order valence-corrected chi connectivity index (χ3v) is 6.41. The van der Waals surface area contributed by atoms with Crippen molar-refractivity contribution in [2.45, 2.75) is 0 Å². The number of piperazine rings is 1. The molecule has 2 aromatic carbocycles. The van der Waals surface area contributed by atoms with Crippen molar-refractivity contribution in [2.75, 3.05) is 41.7 Å². The minimum Gasteiger partial charge on any atom is -0.369 e. The SMILES string of the molecule is O=C(Nc1ccc(N2CCNCC2)cc1)c1ncsc1NC(=O)c1c(Cl)cc(Cl)cc1Cl. The van der Waals surface area contributed by atoms with Crippen LogP contribution in [0.5, 0.6) is 0 Å². The molecule has 1 aromatic heterocycles. The number of benzene rings is 2. The topological polar surface area (TPSA) is 86.4 Å². The van der Waals surface area contributed by atoms with Crippen LogP contribution in [0.4, 0.5) is 16.4 Å². The van der Waals surface area contributed by atoms with E-state index in [0.717, 1.165) is 43.2 Å². The Bertz CT molecular complexity index is 1120. The van der Waals surface area contributed by atoms with Gasteiger partial charge in [-0.25, -0.2) is 4.98 Å². The standard InChI is InChI=1S/C21H18Cl3N5O2S/c22-12-9-15(23)17(16(24)10-12)19(30)28-21-18(26-11-32-21)20(31)27-13-1-3-14(4-2-13)29-7-5-25-6-8-29/h1-4,9-11,25H,5-8H2,(H,27,31)(H,28,30). The molecule has 2 heterocycles. The Balaban J connectivity index is 1.45. The van der Waals surface area contributed by atoms with Gasteiger partial charge in [-0.1, -0.05) is 34.8 Å². The first kappa shape index (κ1) is 22.8. The minimum atomic E-state index is -0.560. The number of hydrogen-bond donors (Lipinski definition) is 3. The first-order valence-electron chi connectivity index (χ1n) is 9.69. The Morgan fingerprint density at radius 2 is 1.62 bits per heavy atom. The number of anilines is 3. The van der Waals surface area contributed by atoms with E-state index in [4.69, 9.17) is 34.8 Å². The molecule has 166 valence electrons. The maximum Gasteiger partial charge on any atom is 0.277 e. The lowest BCUT2D eigenvalue weighted by molar-refractivity contribution is 0.102. The highest BCUT2D eigenvalue weighted by atomic mass is 35.5. The molecule has 1 saturated heterocycles. The van der Waals surface area contributed by atoms with Gasteiger partial charge in [0.25, 0.3) is 11.8 Å². The van der Waals surface area contributed by atoms with E-state index >= 15 is 0 Å². The van der Waals surface area contributed by atoms with Gasteiger partial charge < -0.3 is 20.9 Å². The van der Waals surface area contributed by atoms with Gasteiger partial charge in [0.15, 0.2) is 5.69 Å². The van der Waals surface area contributed by atoms with Crippen molar-refractivity contribution in [3.05, 3.63) is 68.2 Å². The molecular formula is C21H18Cl3N5O2S. The molecule has 0 saturated carbocycles. The molecule has 0 bridgehead atoms. The normalized spacial score (nSPS) is 13.7. The maximum atomic E-state index is 12.8. The lowest BCUT2D eigenvalue weighted by atomic mass is 10.2. The molecule has 7 nitrogen and oxygen atoms in total. The number of thiazole rings is 1. The molecule has 3 aromatic rings. The Morgan fingerprint density at radius 1 is 0.969 bits per heavy atom. The number of aromatic nitrogens is 1. The highest BCUT2D eigenvalue weighted by Crippen LogP contribution is 2.31. The van der Waals surface area contributed by atoms with Gasteiger partial charge in [0, 0.05) is 42.6 Å². The molecule has 0 aliphatic carbocycles. The highest BCUT2D eigenvalue weighted by Gasteiger charge is 2.21. The fraction of sp³-hybridized carbons (Fsp3) is 0.190. The van der Waals surface area contributed by atoms with Gasteiger partial charge in [-0.3, -0.25) is 9.59 Å². The van der Waals surface area contributed by atoms with E-state index in [2.05, 4.69) is 25.8 Å². The summed E-state index contributed by atoms with van der Waals surface area (Å²) in [5, 5.41) is 9.61. The van der Waals surface area contributed by atoms with E-state index in [-0.39, 0.29) is 26.3 Å². The number of halogens is 3. The van der Waals surface area contributed by atoms with Crippen LogP contribution in [0.15, 0.2) is 41.9 Å². The lowest BCUT2D eigenvalue weighted by Gasteiger charge is -2.29. The summed E-state index contributed by atoms with van der Waals surface area (Å²) in [5.74, 6) is -1.000. The van der Waals surface area contributed by atoms with Crippen molar-refractivity contribution >= 4 is 74.3 Å².